The van der Waals surface area contributed by atoms with E-state index in [-0.39, 0.29) is 10.7 Å². The lowest BCUT2D eigenvalue weighted by Gasteiger charge is -2.29. The Morgan fingerprint density at radius 1 is 1.03 bits per heavy atom. The van der Waals surface area contributed by atoms with Crippen molar-refractivity contribution in [2.24, 2.45) is 0 Å². The third-order valence-corrected chi connectivity index (χ3v) is 7.77. The van der Waals surface area contributed by atoms with Gasteiger partial charge in [0, 0.05) is 53.9 Å². The number of morpholine rings is 1. The molecule has 0 saturated carbocycles. The number of rotatable bonds is 6. The summed E-state index contributed by atoms with van der Waals surface area (Å²) in [4.78, 5) is 18.9. The third-order valence-electron chi connectivity index (χ3n) is 6.08. The zero-order chi connectivity index (χ0) is 25.1. The number of allylic oxidation sites excluding steroid dienone is 1. The van der Waals surface area contributed by atoms with E-state index in [0.29, 0.717) is 40.8 Å². The van der Waals surface area contributed by atoms with E-state index in [2.05, 4.69) is 9.88 Å². The number of hydrogen-bond donors (Lipinski definition) is 0. The fraction of sp³-hybridized carbons (Fsp3) is 0.148. The second kappa shape index (κ2) is 9.77. The van der Waals surface area contributed by atoms with Gasteiger partial charge in [-0.1, -0.05) is 0 Å². The SMILES string of the molecule is N#Cc1ccc(S(=O)(=O)n2cc(/C=C/C(=O)c3ccncc3)c3cc(N4CCOCC4)ccc32)cc1. The third kappa shape index (κ3) is 4.52. The lowest BCUT2D eigenvalue weighted by molar-refractivity contribution is 0.104. The van der Waals surface area contributed by atoms with Crippen molar-refractivity contribution >= 4 is 38.5 Å². The predicted octanol–water partition coefficient (Wildman–Crippen LogP) is 3.88. The largest absolute Gasteiger partial charge is 0.378 e. The van der Waals surface area contributed by atoms with Crippen molar-refractivity contribution in [1.29, 1.82) is 5.26 Å². The normalized spacial score (nSPS) is 14.2. The summed E-state index contributed by atoms with van der Waals surface area (Å²) < 4.78 is 33.8. The number of hydrogen-bond acceptors (Lipinski definition) is 7. The molecule has 4 aromatic rings. The van der Waals surface area contributed by atoms with Crippen LogP contribution in [-0.4, -0.2) is 49.5 Å². The molecule has 0 unspecified atom stereocenters. The number of carbonyl (C=O) groups excluding carboxylic acids is 1. The van der Waals surface area contributed by atoms with Gasteiger partial charge in [0.1, 0.15) is 0 Å². The number of aromatic nitrogens is 2. The average Bonchev–Trinajstić information content (AvgIpc) is 3.31. The molecule has 0 amide bonds. The molecular weight excluding hydrogens is 476 g/mol. The Morgan fingerprint density at radius 2 is 1.75 bits per heavy atom. The number of anilines is 1. The van der Waals surface area contributed by atoms with Crippen molar-refractivity contribution < 1.29 is 17.9 Å². The van der Waals surface area contributed by atoms with Gasteiger partial charge in [-0.15, -0.1) is 0 Å². The van der Waals surface area contributed by atoms with Gasteiger partial charge in [-0.25, -0.2) is 12.4 Å². The van der Waals surface area contributed by atoms with Gasteiger partial charge >= 0.3 is 0 Å². The molecule has 1 fully saturated rings. The summed E-state index contributed by atoms with van der Waals surface area (Å²) >= 11 is 0. The first-order chi connectivity index (χ1) is 17.5. The number of pyridine rings is 1. The number of nitrogens with zero attached hydrogens (tertiary/aromatic N) is 4. The molecule has 8 nitrogen and oxygen atoms in total. The molecule has 3 heterocycles. The highest BCUT2D eigenvalue weighted by Crippen LogP contribution is 2.31. The zero-order valence-electron chi connectivity index (χ0n) is 19.2. The van der Waals surface area contributed by atoms with E-state index in [9.17, 15) is 13.2 Å². The van der Waals surface area contributed by atoms with E-state index < -0.39 is 10.0 Å². The van der Waals surface area contributed by atoms with Crippen LogP contribution in [0, 0.1) is 11.3 Å². The summed E-state index contributed by atoms with van der Waals surface area (Å²) in [5.74, 6) is -0.211. The van der Waals surface area contributed by atoms with Crippen molar-refractivity contribution in [2.75, 3.05) is 31.2 Å². The van der Waals surface area contributed by atoms with Crippen LogP contribution < -0.4 is 4.90 Å². The lowest BCUT2D eigenvalue weighted by Crippen LogP contribution is -2.36. The minimum absolute atomic E-state index is 0.0686. The van der Waals surface area contributed by atoms with Crippen LogP contribution in [0.2, 0.25) is 0 Å². The fourth-order valence-electron chi connectivity index (χ4n) is 4.16. The second-order valence-corrected chi connectivity index (χ2v) is 10.1. The minimum atomic E-state index is -3.95. The van der Waals surface area contributed by atoms with Crippen LogP contribution in [-0.2, 0) is 14.8 Å². The summed E-state index contributed by atoms with van der Waals surface area (Å²) in [6.45, 7) is 2.72. The van der Waals surface area contributed by atoms with Gasteiger partial charge in [-0.2, -0.15) is 5.26 Å². The second-order valence-electron chi connectivity index (χ2n) is 8.26. The maximum Gasteiger partial charge on any atom is 0.268 e. The van der Waals surface area contributed by atoms with Crippen LogP contribution in [0.3, 0.4) is 0 Å². The Labute approximate surface area is 208 Å². The first-order valence-electron chi connectivity index (χ1n) is 11.3. The number of benzene rings is 2. The number of fused-ring (bicyclic) bond motifs is 1. The molecule has 9 heteroatoms. The van der Waals surface area contributed by atoms with Crippen molar-refractivity contribution in [3.8, 4) is 6.07 Å². The van der Waals surface area contributed by atoms with Gasteiger partial charge < -0.3 is 9.64 Å². The van der Waals surface area contributed by atoms with Crippen molar-refractivity contribution in [2.45, 2.75) is 4.90 Å². The predicted molar refractivity (Wildman–Crippen MR) is 136 cm³/mol. The zero-order valence-corrected chi connectivity index (χ0v) is 20.1. The molecule has 0 radical (unpaired) electrons. The Hall–Kier alpha value is -4.26. The lowest BCUT2D eigenvalue weighted by atomic mass is 10.1. The molecule has 2 aromatic heterocycles. The number of carbonyl (C=O) groups is 1. The summed E-state index contributed by atoms with van der Waals surface area (Å²) in [6, 6.07) is 16.7. The molecule has 0 aliphatic carbocycles. The van der Waals surface area contributed by atoms with Crippen LogP contribution in [0.4, 0.5) is 5.69 Å². The molecule has 0 N–H and O–H groups in total. The molecule has 5 rings (SSSR count). The molecule has 0 bridgehead atoms. The first-order valence-corrected chi connectivity index (χ1v) is 12.8. The maximum atomic E-state index is 13.6. The van der Waals surface area contributed by atoms with Crippen molar-refractivity contribution in [3.05, 3.63) is 96.0 Å². The molecule has 1 aliphatic heterocycles. The van der Waals surface area contributed by atoms with Gasteiger partial charge in [-0.3, -0.25) is 9.78 Å². The maximum absolute atomic E-state index is 13.6. The molecule has 36 heavy (non-hydrogen) atoms. The van der Waals surface area contributed by atoms with Gasteiger partial charge in [-0.05, 0) is 66.7 Å². The van der Waals surface area contributed by atoms with Crippen LogP contribution in [0.1, 0.15) is 21.5 Å². The van der Waals surface area contributed by atoms with Crippen LogP contribution in [0.25, 0.3) is 17.0 Å². The number of ether oxygens (including phenoxy) is 1. The van der Waals surface area contributed by atoms with Crippen LogP contribution in [0.5, 0.6) is 0 Å². The van der Waals surface area contributed by atoms with E-state index in [0.717, 1.165) is 18.8 Å². The molecule has 2 aromatic carbocycles. The summed E-state index contributed by atoms with van der Waals surface area (Å²) in [5, 5.41) is 9.76. The Kier molecular flexibility index (Phi) is 6.38. The number of ketones is 1. The highest BCUT2D eigenvalue weighted by molar-refractivity contribution is 7.90. The summed E-state index contributed by atoms with van der Waals surface area (Å²) in [6.07, 6.45) is 7.69. The summed E-state index contributed by atoms with van der Waals surface area (Å²) in [7, 11) is -3.95. The minimum Gasteiger partial charge on any atom is -0.378 e. The fourth-order valence-corrected chi connectivity index (χ4v) is 5.53. The Bertz CT molecular complexity index is 1600. The monoisotopic (exact) mass is 498 g/mol. The van der Waals surface area contributed by atoms with Gasteiger partial charge in [0.15, 0.2) is 5.78 Å². The topological polar surface area (TPSA) is 105 Å². The van der Waals surface area contributed by atoms with E-state index in [1.54, 1.807) is 36.7 Å². The summed E-state index contributed by atoms with van der Waals surface area (Å²) in [5.41, 5.74) is 2.91. The van der Waals surface area contributed by atoms with E-state index >= 15 is 0 Å². The molecular formula is C27H22N4O4S. The van der Waals surface area contributed by atoms with Gasteiger partial charge in [0.2, 0.25) is 0 Å². The van der Waals surface area contributed by atoms with Crippen molar-refractivity contribution in [3.63, 3.8) is 0 Å². The Balaban J connectivity index is 1.61. The first kappa shape index (κ1) is 23.5. The van der Waals surface area contributed by atoms with E-state index in [1.807, 2.05) is 18.2 Å². The van der Waals surface area contributed by atoms with Crippen LogP contribution >= 0.6 is 0 Å². The smallest absolute Gasteiger partial charge is 0.268 e. The van der Waals surface area contributed by atoms with Gasteiger partial charge in [0.25, 0.3) is 10.0 Å². The molecule has 1 aliphatic rings. The molecule has 0 atom stereocenters. The van der Waals surface area contributed by atoms with Gasteiger partial charge in [0.05, 0.1) is 35.3 Å². The molecule has 0 spiro atoms. The molecule has 180 valence electrons. The number of nitriles is 1. The van der Waals surface area contributed by atoms with Crippen LogP contribution in [0.15, 0.2) is 84.2 Å². The quantitative estimate of drug-likeness (QED) is 0.293. The molecule has 1 saturated heterocycles. The van der Waals surface area contributed by atoms with E-state index in [4.69, 9.17) is 10.00 Å². The van der Waals surface area contributed by atoms with E-state index in [1.165, 1.54) is 40.5 Å². The highest BCUT2D eigenvalue weighted by atomic mass is 32.2. The highest BCUT2D eigenvalue weighted by Gasteiger charge is 2.22. The Morgan fingerprint density at radius 3 is 2.44 bits per heavy atom. The standard InChI is InChI=1S/C27H22N4O4S/c28-18-20-1-5-24(6-2-20)36(33,34)31-19-22(3-8-27(32)21-9-11-29-12-10-21)25-17-23(4-7-26(25)31)30-13-15-35-16-14-30/h1-12,17,19H,13-16H2/b8-3+. The van der Waals surface area contributed by atoms with Crippen molar-refractivity contribution in [1.82, 2.24) is 8.96 Å². The average molecular weight is 499 g/mol.